The molecule has 1 aliphatic heterocycles. The van der Waals surface area contributed by atoms with Gasteiger partial charge in [0.2, 0.25) is 0 Å². The third-order valence-electron chi connectivity index (χ3n) is 4.84. The SMILES string of the molecule is COc1cc(C(=O)Nc2ccc(N3CCOCC3)c(F)c2)ccc1OCc1cscn1. The van der Waals surface area contributed by atoms with Crippen LogP contribution >= 0.6 is 11.3 Å². The van der Waals surface area contributed by atoms with E-state index in [0.29, 0.717) is 61.3 Å². The van der Waals surface area contributed by atoms with Crippen molar-refractivity contribution in [1.82, 2.24) is 4.98 Å². The summed E-state index contributed by atoms with van der Waals surface area (Å²) in [4.78, 5) is 18.8. The lowest BCUT2D eigenvalue weighted by molar-refractivity contribution is 0.102. The second-order valence-electron chi connectivity index (χ2n) is 6.85. The molecule has 162 valence electrons. The quantitative estimate of drug-likeness (QED) is 0.596. The normalized spacial score (nSPS) is 13.7. The van der Waals surface area contributed by atoms with Crippen LogP contribution in [-0.4, -0.2) is 44.3 Å². The Labute approximate surface area is 183 Å². The maximum atomic E-state index is 14.6. The minimum atomic E-state index is -0.386. The molecule has 3 aromatic rings. The smallest absolute Gasteiger partial charge is 0.255 e. The number of nitrogens with zero attached hydrogens (tertiary/aromatic N) is 2. The Morgan fingerprint density at radius 1 is 1.23 bits per heavy atom. The van der Waals surface area contributed by atoms with Crippen molar-refractivity contribution in [2.24, 2.45) is 0 Å². The first-order valence-electron chi connectivity index (χ1n) is 9.75. The fraction of sp³-hybridized carbons (Fsp3) is 0.273. The third-order valence-corrected chi connectivity index (χ3v) is 5.48. The Kier molecular flexibility index (Phi) is 6.63. The number of rotatable bonds is 7. The van der Waals surface area contributed by atoms with Crippen LogP contribution in [0.25, 0.3) is 0 Å². The summed E-state index contributed by atoms with van der Waals surface area (Å²) in [6, 6.07) is 9.57. The van der Waals surface area contributed by atoms with Crippen molar-refractivity contribution >= 4 is 28.6 Å². The monoisotopic (exact) mass is 443 g/mol. The Balaban J connectivity index is 1.43. The van der Waals surface area contributed by atoms with Crippen LogP contribution < -0.4 is 19.7 Å². The van der Waals surface area contributed by atoms with Gasteiger partial charge in [-0.15, -0.1) is 11.3 Å². The first-order valence-corrected chi connectivity index (χ1v) is 10.7. The van der Waals surface area contributed by atoms with Crippen molar-refractivity contribution in [3.8, 4) is 11.5 Å². The minimum absolute atomic E-state index is 0.306. The lowest BCUT2D eigenvalue weighted by Gasteiger charge is -2.29. The van der Waals surface area contributed by atoms with Crippen LogP contribution in [0.2, 0.25) is 0 Å². The van der Waals surface area contributed by atoms with E-state index >= 15 is 0 Å². The van der Waals surface area contributed by atoms with Crippen LogP contribution in [-0.2, 0) is 11.3 Å². The van der Waals surface area contributed by atoms with Crippen LogP contribution in [0.15, 0.2) is 47.3 Å². The van der Waals surface area contributed by atoms with Gasteiger partial charge in [0.25, 0.3) is 5.91 Å². The van der Waals surface area contributed by atoms with Gasteiger partial charge >= 0.3 is 0 Å². The van der Waals surface area contributed by atoms with Crippen molar-refractivity contribution in [2.45, 2.75) is 6.61 Å². The maximum absolute atomic E-state index is 14.6. The van der Waals surface area contributed by atoms with E-state index in [9.17, 15) is 9.18 Å². The van der Waals surface area contributed by atoms with Gasteiger partial charge in [0.05, 0.1) is 37.2 Å². The van der Waals surface area contributed by atoms with Crippen molar-refractivity contribution in [2.75, 3.05) is 43.6 Å². The predicted octanol–water partition coefficient (Wildman–Crippen LogP) is 3.96. The first kappa shape index (κ1) is 21.1. The minimum Gasteiger partial charge on any atom is -0.493 e. The van der Waals surface area contributed by atoms with Crippen molar-refractivity contribution in [1.29, 1.82) is 0 Å². The molecule has 1 aliphatic rings. The summed E-state index contributed by atoms with van der Waals surface area (Å²) < 4.78 is 31.0. The van der Waals surface area contributed by atoms with Gasteiger partial charge in [-0.05, 0) is 36.4 Å². The van der Waals surface area contributed by atoms with E-state index in [1.165, 1.54) is 24.5 Å². The summed E-state index contributed by atoms with van der Waals surface area (Å²) in [7, 11) is 1.51. The molecular weight excluding hydrogens is 421 g/mol. The summed E-state index contributed by atoms with van der Waals surface area (Å²) in [6.07, 6.45) is 0. The molecule has 0 aliphatic carbocycles. The molecule has 4 rings (SSSR count). The van der Waals surface area contributed by atoms with Gasteiger partial charge in [0.1, 0.15) is 12.4 Å². The van der Waals surface area contributed by atoms with Crippen LogP contribution in [0.1, 0.15) is 16.1 Å². The summed E-state index contributed by atoms with van der Waals surface area (Å²) in [5, 5.41) is 4.63. The molecule has 0 radical (unpaired) electrons. The van der Waals surface area contributed by atoms with E-state index in [-0.39, 0.29) is 11.7 Å². The van der Waals surface area contributed by atoms with Gasteiger partial charge in [-0.2, -0.15) is 0 Å². The standard InChI is InChI=1S/C22H22FN3O4S/c1-28-21-10-15(2-5-20(21)30-12-17-13-31-14-24-17)22(27)25-16-3-4-19(18(23)11-16)26-6-8-29-9-7-26/h2-5,10-11,13-14H,6-9,12H2,1H3,(H,25,27). The van der Waals surface area contributed by atoms with E-state index in [0.717, 1.165) is 5.69 Å². The maximum Gasteiger partial charge on any atom is 0.255 e. The Morgan fingerprint density at radius 3 is 2.77 bits per heavy atom. The number of nitrogens with one attached hydrogen (secondary N) is 1. The fourth-order valence-corrected chi connectivity index (χ4v) is 3.78. The number of aromatic nitrogens is 1. The number of ether oxygens (including phenoxy) is 3. The molecule has 2 aromatic carbocycles. The lowest BCUT2D eigenvalue weighted by Crippen LogP contribution is -2.36. The highest BCUT2D eigenvalue weighted by Gasteiger charge is 2.17. The number of halogens is 1. The molecule has 31 heavy (non-hydrogen) atoms. The number of anilines is 2. The van der Waals surface area contributed by atoms with E-state index in [4.69, 9.17) is 14.2 Å². The topological polar surface area (TPSA) is 72.9 Å². The molecule has 1 N–H and O–H groups in total. The number of hydrogen-bond acceptors (Lipinski definition) is 7. The number of carbonyl (C=O) groups is 1. The highest BCUT2D eigenvalue weighted by molar-refractivity contribution is 7.07. The van der Waals surface area contributed by atoms with E-state index in [1.807, 2.05) is 10.3 Å². The van der Waals surface area contributed by atoms with Crippen LogP contribution in [0.4, 0.5) is 15.8 Å². The largest absolute Gasteiger partial charge is 0.493 e. The Hall–Kier alpha value is -3.17. The van der Waals surface area contributed by atoms with Crippen molar-refractivity contribution < 1.29 is 23.4 Å². The number of thiazole rings is 1. The average molecular weight is 444 g/mol. The second-order valence-corrected chi connectivity index (χ2v) is 7.57. The highest BCUT2D eigenvalue weighted by Crippen LogP contribution is 2.30. The number of hydrogen-bond donors (Lipinski definition) is 1. The van der Waals surface area contributed by atoms with Crippen LogP contribution in [0, 0.1) is 5.82 Å². The molecule has 7 nitrogen and oxygen atoms in total. The summed E-state index contributed by atoms with van der Waals surface area (Å²) in [5.41, 5.74) is 3.80. The van der Waals surface area contributed by atoms with Crippen molar-refractivity contribution in [3.05, 3.63) is 64.4 Å². The fourth-order valence-electron chi connectivity index (χ4n) is 3.24. The third kappa shape index (κ3) is 5.12. The van der Waals surface area contributed by atoms with Gasteiger partial charge in [0.15, 0.2) is 11.5 Å². The summed E-state index contributed by atoms with van der Waals surface area (Å²) in [6.45, 7) is 2.73. The van der Waals surface area contributed by atoms with Gasteiger partial charge in [-0.1, -0.05) is 0 Å². The molecule has 2 heterocycles. The van der Waals surface area contributed by atoms with Crippen LogP contribution in [0.5, 0.6) is 11.5 Å². The number of carbonyl (C=O) groups excluding carboxylic acids is 1. The van der Waals surface area contributed by atoms with Gasteiger partial charge in [-0.3, -0.25) is 4.79 Å². The highest BCUT2D eigenvalue weighted by atomic mass is 32.1. The zero-order valence-electron chi connectivity index (χ0n) is 17.0. The zero-order valence-corrected chi connectivity index (χ0v) is 17.8. The van der Waals surface area contributed by atoms with E-state index in [1.54, 1.807) is 35.8 Å². The number of methoxy groups -OCH3 is 1. The van der Waals surface area contributed by atoms with E-state index < -0.39 is 0 Å². The molecule has 1 aromatic heterocycles. The average Bonchev–Trinajstić information content (AvgIpc) is 3.32. The van der Waals surface area contributed by atoms with Gasteiger partial charge < -0.3 is 24.4 Å². The molecular formula is C22H22FN3O4S. The molecule has 0 bridgehead atoms. The molecule has 0 saturated carbocycles. The lowest BCUT2D eigenvalue weighted by atomic mass is 10.1. The first-order chi connectivity index (χ1) is 15.1. The molecule has 0 unspecified atom stereocenters. The van der Waals surface area contributed by atoms with Crippen molar-refractivity contribution in [3.63, 3.8) is 0 Å². The van der Waals surface area contributed by atoms with Gasteiger partial charge in [0, 0.05) is 29.7 Å². The molecule has 0 spiro atoms. The zero-order chi connectivity index (χ0) is 21.6. The molecule has 9 heteroatoms. The van der Waals surface area contributed by atoms with E-state index in [2.05, 4.69) is 10.3 Å². The van der Waals surface area contributed by atoms with Gasteiger partial charge in [-0.25, -0.2) is 9.37 Å². The Morgan fingerprint density at radius 2 is 2.06 bits per heavy atom. The Bertz CT molecular complexity index is 1040. The molecule has 1 fully saturated rings. The summed E-state index contributed by atoms with van der Waals surface area (Å²) in [5.74, 6) is 0.177. The molecule has 1 saturated heterocycles. The summed E-state index contributed by atoms with van der Waals surface area (Å²) >= 11 is 1.49. The number of morpholine rings is 1. The molecule has 0 atom stereocenters. The van der Waals surface area contributed by atoms with Crippen LogP contribution in [0.3, 0.4) is 0 Å². The predicted molar refractivity (Wildman–Crippen MR) is 117 cm³/mol. The number of benzene rings is 2. The molecule has 1 amide bonds. The second kappa shape index (κ2) is 9.76. The number of amides is 1.